The first kappa shape index (κ1) is 30.1. The third-order valence-electron chi connectivity index (χ3n) is 7.16. The van der Waals surface area contributed by atoms with Gasteiger partial charge in [-0.1, -0.05) is 62.1 Å². The van der Waals surface area contributed by atoms with E-state index in [-0.39, 0.29) is 29.9 Å². The number of aryl methyl sites for hydroxylation is 2. The SMILES string of the molecule is CC[C@@H](C(=O)NC1CCCCC1)N(Cc1ccc(C)cc1)C(=O)CN(c1cc([N+](=O)[O-])ccc1C)S(C)(=O)=O. The quantitative estimate of drug-likeness (QED) is 0.324. The van der Waals surface area contributed by atoms with Crippen LogP contribution in [0, 0.1) is 24.0 Å². The van der Waals surface area contributed by atoms with Crippen LogP contribution in [-0.4, -0.2) is 54.9 Å². The molecule has 1 aliphatic carbocycles. The van der Waals surface area contributed by atoms with Crippen LogP contribution in [-0.2, 0) is 26.2 Å². The van der Waals surface area contributed by atoms with Crippen LogP contribution >= 0.6 is 0 Å². The van der Waals surface area contributed by atoms with Crippen LogP contribution in [0.4, 0.5) is 11.4 Å². The normalized spacial score (nSPS) is 14.9. The number of non-ortho nitro benzene ring substituents is 1. The van der Waals surface area contributed by atoms with Gasteiger partial charge in [-0.3, -0.25) is 24.0 Å². The maximum atomic E-state index is 13.9. The molecule has 2 amide bonds. The first-order chi connectivity index (χ1) is 18.4. The average Bonchev–Trinajstić information content (AvgIpc) is 2.88. The van der Waals surface area contributed by atoms with Gasteiger partial charge in [-0.15, -0.1) is 0 Å². The topological polar surface area (TPSA) is 130 Å². The average molecular weight is 559 g/mol. The minimum Gasteiger partial charge on any atom is -0.352 e. The van der Waals surface area contributed by atoms with Crippen LogP contribution in [0.2, 0.25) is 0 Å². The lowest BCUT2D eigenvalue weighted by Crippen LogP contribution is -2.54. The third kappa shape index (κ3) is 8.01. The minimum atomic E-state index is -4.00. The number of anilines is 1. The Morgan fingerprint density at radius 1 is 1.08 bits per heavy atom. The summed E-state index contributed by atoms with van der Waals surface area (Å²) in [6, 6.07) is 10.7. The summed E-state index contributed by atoms with van der Waals surface area (Å²) in [5.41, 5.74) is 2.07. The Morgan fingerprint density at radius 3 is 2.28 bits per heavy atom. The molecule has 1 atom stereocenters. The van der Waals surface area contributed by atoms with Crippen molar-refractivity contribution in [1.82, 2.24) is 10.2 Å². The van der Waals surface area contributed by atoms with Crippen LogP contribution < -0.4 is 9.62 Å². The van der Waals surface area contributed by atoms with E-state index in [4.69, 9.17) is 0 Å². The van der Waals surface area contributed by atoms with Gasteiger partial charge in [0.05, 0.1) is 16.9 Å². The summed E-state index contributed by atoms with van der Waals surface area (Å²) in [5, 5.41) is 14.5. The van der Waals surface area contributed by atoms with E-state index in [9.17, 15) is 28.1 Å². The molecule has 0 radical (unpaired) electrons. The van der Waals surface area contributed by atoms with Gasteiger partial charge in [0.1, 0.15) is 12.6 Å². The molecule has 3 rings (SSSR count). The molecular formula is C28H38N4O6S. The Balaban J connectivity index is 1.97. The lowest BCUT2D eigenvalue weighted by molar-refractivity contribution is -0.384. The van der Waals surface area contributed by atoms with Crippen LogP contribution in [0.25, 0.3) is 0 Å². The number of hydrogen-bond acceptors (Lipinski definition) is 6. The van der Waals surface area contributed by atoms with E-state index in [2.05, 4.69) is 5.32 Å². The number of rotatable bonds is 11. The number of nitrogens with one attached hydrogen (secondary N) is 1. The molecule has 0 bridgehead atoms. The second-order valence-electron chi connectivity index (χ2n) is 10.3. The van der Waals surface area contributed by atoms with Crippen molar-refractivity contribution in [3.05, 3.63) is 69.3 Å². The van der Waals surface area contributed by atoms with Crippen molar-refractivity contribution in [3.63, 3.8) is 0 Å². The second kappa shape index (κ2) is 13.1. The van der Waals surface area contributed by atoms with Gasteiger partial charge >= 0.3 is 0 Å². The molecule has 39 heavy (non-hydrogen) atoms. The summed E-state index contributed by atoms with van der Waals surface area (Å²) in [4.78, 5) is 39.5. The molecule has 0 heterocycles. The second-order valence-corrected chi connectivity index (χ2v) is 12.2. The Bertz CT molecular complexity index is 1290. The van der Waals surface area contributed by atoms with Gasteiger partial charge in [-0.05, 0) is 44.2 Å². The summed E-state index contributed by atoms with van der Waals surface area (Å²) in [7, 11) is -4.00. The van der Waals surface area contributed by atoms with E-state index in [0.29, 0.717) is 12.0 Å². The number of carbonyl (C=O) groups is 2. The summed E-state index contributed by atoms with van der Waals surface area (Å²) < 4.78 is 26.6. The molecule has 0 spiro atoms. The zero-order valence-electron chi connectivity index (χ0n) is 23.1. The fourth-order valence-electron chi connectivity index (χ4n) is 4.93. The number of carbonyl (C=O) groups excluding carboxylic acids is 2. The van der Waals surface area contributed by atoms with Gasteiger partial charge in [-0.2, -0.15) is 0 Å². The third-order valence-corrected chi connectivity index (χ3v) is 8.29. The molecule has 1 N–H and O–H groups in total. The molecular weight excluding hydrogens is 520 g/mol. The van der Waals surface area contributed by atoms with Gasteiger partial charge in [0.25, 0.3) is 5.69 Å². The lowest BCUT2D eigenvalue weighted by Gasteiger charge is -2.34. The van der Waals surface area contributed by atoms with E-state index in [1.165, 1.54) is 17.0 Å². The fourth-order valence-corrected chi connectivity index (χ4v) is 5.83. The first-order valence-corrected chi connectivity index (χ1v) is 15.1. The van der Waals surface area contributed by atoms with Crippen molar-refractivity contribution in [2.24, 2.45) is 0 Å². The molecule has 1 aliphatic rings. The summed E-state index contributed by atoms with van der Waals surface area (Å²) >= 11 is 0. The van der Waals surface area contributed by atoms with Gasteiger partial charge in [0.2, 0.25) is 21.8 Å². The highest BCUT2D eigenvalue weighted by atomic mass is 32.2. The van der Waals surface area contributed by atoms with E-state index in [1.807, 2.05) is 38.1 Å². The molecule has 2 aromatic carbocycles. The number of nitrogens with zero attached hydrogens (tertiary/aromatic N) is 3. The maximum Gasteiger partial charge on any atom is 0.271 e. The molecule has 0 saturated heterocycles. The highest BCUT2D eigenvalue weighted by Crippen LogP contribution is 2.28. The van der Waals surface area contributed by atoms with E-state index >= 15 is 0 Å². The molecule has 0 aliphatic heterocycles. The molecule has 0 unspecified atom stereocenters. The highest BCUT2D eigenvalue weighted by molar-refractivity contribution is 7.92. The molecule has 11 heteroatoms. The van der Waals surface area contributed by atoms with Crippen molar-refractivity contribution in [2.75, 3.05) is 17.1 Å². The van der Waals surface area contributed by atoms with Crippen LogP contribution in [0.15, 0.2) is 42.5 Å². The van der Waals surface area contributed by atoms with Crippen LogP contribution in [0.5, 0.6) is 0 Å². The molecule has 1 saturated carbocycles. The van der Waals surface area contributed by atoms with Gasteiger partial charge in [0, 0.05) is 24.7 Å². The van der Waals surface area contributed by atoms with Gasteiger partial charge in [0.15, 0.2) is 0 Å². The van der Waals surface area contributed by atoms with E-state index < -0.39 is 33.4 Å². The number of benzene rings is 2. The molecule has 1 fully saturated rings. The summed E-state index contributed by atoms with van der Waals surface area (Å²) in [6.45, 7) is 4.91. The Kier molecular flexibility index (Phi) is 10.1. The molecule has 0 aromatic heterocycles. The Labute approximate surface area is 230 Å². The van der Waals surface area contributed by atoms with E-state index in [0.717, 1.165) is 59.9 Å². The van der Waals surface area contributed by atoms with Gasteiger partial charge in [-0.25, -0.2) is 8.42 Å². The Hall–Kier alpha value is -3.47. The Morgan fingerprint density at radius 2 is 1.72 bits per heavy atom. The van der Waals surface area contributed by atoms with Gasteiger partial charge < -0.3 is 10.2 Å². The van der Waals surface area contributed by atoms with Crippen molar-refractivity contribution in [2.45, 2.75) is 77.9 Å². The van der Waals surface area contributed by atoms with Crippen LogP contribution in [0.1, 0.15) is 62.1 Å². The number of nitro benzene ring substituents is 1. The molecule has 212 valence electrons. The van der Waals surface area contributed by atoms with Crippen LogP contribution in [0.3, 0.4) is 0 Å². The number of nitro groups is 1. The minimum absolute atomic E-state index is 0.0510. The maximum absolute atomic E-state index is 13.9. The monoisotopic (exact) mass is 558 g/mol. The standard InChI is InChI=1S/C28H38N4O6S/c1-5-25(28(34)29-23-9-7-6-8-10-23)30(18-22-14-11-20(2)12-15-22)27(33)19-31(39(4,37)38)26-17-24(32(35)36)16-13-21(26)3/h11-17,23,25H,5-10,18-19H2,1-4H3,(H,29,34)/t25-/m0/s1. The predicted octanol–water partition coefficient (Wildman–Crippen LogP) is 4.23. The zero-order valence-corrected chi connectivity index (χ0v) is 23.9. The summed E-state index contributed by atoms with van der Waals surface area (Å²) in [5.74, 6) is -0.833. The molecule has 10 nitrogen and oxygen atoms in total. The van der Waals surface area contributed by atoms with Crippen molar-refractivity contribution >= 4 is 33.2 Å². The number of amides is 2. The van der Waals surface area contributed by atoms with E-state index in [1.54, 1.807) is 6.92 Å². The van der Waals surface area contributed by atoms with Crippen molar-refractivity contribution in [3.8, 4) is 0 Å². The first-order valence-electron chi connectivity index (χ1n) is 13.3. The van der Waals surface area contributed by atoms with Crippen molar-refractivity contribution < 1.29 is 22.9 Å². The predicted molar refractivity (Wildman–Crippen MR) is 151 cm³/mol. The summed E-state index contributed by atoms with van der Waals surface area (Å²) in [6.07, 6.45) is 6.30. The largest absolute Gasteiger partial charge is 0.352 e. The lowest BCUT2D eigenvalue weighted by atomic mass is 9.95. The fraction of sp³-hybridized carbons (Fsp3) is 0.500. The zero-order chi connectivity index (χ0) is 28.7. The van der Waals surface area contributed by atoms with Crippen molar-refractivity contribution in [1.29, 1.82) is 0 Å². The number of sulfonamides is 1. The number of hydrogen-bond donors (Lipinski definition) is 1. The molecule has 2 aromatic rings. The smallest absolute Gasteiger partial charge is 0.271 e. The highest BCUT2D eigenvalue weighted by Gasteiger charge is 2.33.